The third kappa shape index (κ3) is 4.23. The smallest absolute Gasteiger partial charge is 0.0109 e. The summed E-state index contributed by atoms with van der Waals surface area (Å²) in [6, 6.07) is 0.465. The Balaban J connectivity index is 1.59. The molecule has 0 spiro atoms. The van der Waals surface area contributed by atoms with Gasteiger partial charge in [0.2, 0.25) is 0 Å². The number of nitrogens with zero attached hydrogens (tertiary/aromatic N) is 2. The van der Waals surface area contributed by atoms with Gasteiger partial charge in [0.1, 0.15) is 0 Å². The molecule has 100 valence electrons. The van der Waals surface area contributed by atoms with E-state index in [1.54, 1.807) is 0 Å². The molecule has 2 rings (SSSR count). The molecular formula is C14H29N3. The highest BCUT2D eigenvalue weighted by atomic mass is 15.2. The Labute approximate surface area is 106 Å². The average molecular weight is 239 g/mol. The van der Waals surface area contributed by atoms with Gasteiger partial charge in [-0.25, -0.2) is 0 Å². The fourth-order valence-electron chi connectivity index (χ4n) is 3.22. The highest BCUT2D eigenvalue weighted by Gasteiger charge is 2.22. The van der Waals surface area contributed by atoms with E-state index in [0.29, 0.717) is 6.04 Å². The average Bonchev–Trinajstić information content (AvgIpc) is 2.77. The minimum atomic E-state index is 0.465. The Bertz CT molecular complexity index is 212. The molecule has 1 atom stereocenters. The zero-order valence-corrected chi connectivity index (χ0v) is 11.4. The summed E-state index contributed by atoms with van der Waals surface area (Å²) in [5.41, 5.74) is 5.93. The molecule has 0 aromatic rings. The first-order valence-electron chi connectivity index (χ1n) is 7.48. The molecule has 0 aromatic carbocycles. The van der Waals surface area contributed by atoms with Crippen molar-refractivity contribution < 1.29 is 0 Å². The lowest BCUT2D eigenvalue weighted by Crippen LogP contribution is -2.42. The van der Waals surface area contributed by atoms with Crippen molar-refractivity contribution in [3.8, 4) is 0 Å². The molecule has 2 aliphatic rings. The predicted octanol–water partition coefficient (Wildman–Crippen LogP) is 1.53. The number of hydrogen-bond acceptors (Lipinski definition) is 3. The van der Waals surface area contributed by atoms with Gasteiger partial charge in [0.25, 0.3) is 0 Å². The van der Waals surface area contributed by atoms with Gasteiger partial charge in [-0.3, -0.25) is 0 Å². The van der Waals surface area contributed by atoms with Crippen LogP contribution in [-0.4, -0.2) is 55.1 Å². The number of hydrogen-bond donors (Lipinski definition) is 1. The van der Waals surface area contributed by atoms with Gasteiger partial charge < -0.3 is 15.5 Å². The Hall–Kier alpha value is -0.120. The third-order valence-electron chi connectivity index (χ3n) is 4.43. The molecule has 2 aliphatic heterocycles. The molecule has 0 bridgehead atoms. The summed E-state index contributed by atoms with van der Waals surface area (Å²) in [6.45, 7) is 9.95. The normalized spacial score (nSPS) is 28.9. The Morgan fingerprint density at radius 2 is 1.65 bits per heavy atom. The maximum atomic E-state index is 5.93. The molecule has 2 saturated heterocycles. The Kier molecular flexibility index (Phi) is 5.26. The molecule has 17 heavy (non-hydrogen) atoms. The highest BCUT2D eigenvalue weighted by Crippen LogP contribution is 2.20. The summed E-state index contributed by atoms with van der Waals surface area (Å²) in [4.78, 5) is 5.26. The first kappa shape index (κ1) is 13.3. The summed E-state index contributed by atoms with van der Waals surface area (Å²) in [7, 11) is 0. The lowest BCUT2D eigenvalue weighted by molar-refractivity contribution is 0.183. The van der Waals surface area contributed by atoms with Gasteiger partial charge in [-0.15, -0.1) is 0 Å². The summed E-state index contributed by atoms with van der Waals surface area (Å²) in [5, 5.41) is 0. The second-order valence-electron chi connectivity index (χ2n) is 5.92. The van der Waals surface area contributed by atoms with Crippen molar-refractivity contribution in [2.24, 2.45) is 11.7 Å². The molecule has 0 amide bonds. The second-order valence-corrected chi connectivity index (χ2v) is 5.92. The van der Waals surface area contributed by atoms with Crippen molar-refractivity contribution >= 4 is 0 Å². The molecule has 1 unspecified atom stereocenters. The van der Waals surface area contributed by atoms with Crippen molar-refractivity contribution in [2.45, 2.75) is 45.1 Å². The number of rotatable bonds is 5. The van der Waals surface area contributed by atoms with E-state index >= 15 is 0 Å². The van der Waals surface area contributed by atoms with Gasteiger partial charge in [-0.2, -0.15) is 0 Å². The van der Waals surface area contributed by atoms with Crippen LogP contribution in [-0.2, 0) is 0 Å². The van der Waals surface area contributed by atoms with Gasteiger partial charge in [-0.1, -0.05) is 13.3 Å². The van der Waals surface area contributed by atoms with Crippen molar-refractivity contribution in [3.63, 3.8) is 0 Å². The fraction of sp³-hybridized carbons (Fsp3) is 1.00. The summed E-state index contributed by atoms with van der Waals surface area (Å²) in [6.07, 6.45) is 6.59. The monoisotopic (exact) mass is 239 g/mol. The lowest BCUT2D eigenvalue weighted by Gasteiger charge is -2.31. The minimum absolute atomic E-state index is 0.465. The zero-order chi connectivity index (χ0) is 12.1. The molecule has 3 heteroatoms. The van der Waals surface area contributed by atoms with E-state index in [-0.39, 0.29) is 0 Å². The van der Waals surface area contributed by atoms with E-state index in [1.165, 1.54) is 71.4 Å². The maximum absolute atomic E-state index is 5.93. The van der Waals surface area contributed by atoms with Gasteiger partial charge in [0, 0.05) is 25.7 Å². The quantitative estimate of drug-likeness (QED) is 0.790. The van der Waals surface area contributed by atoms with E-state index in [2.05, 4.69) is 16.7 Å². The summed E-state index contributed by atoms with van der Waals surface area (Å²) in [5.74, 6) is 0.981. The number of nitrogens with two attached hydrogens (primary N) is 1. The standard InChI is InChI=1S/C14H29N3/c1-2-3-13-4-7-17(12-13)11-10-16-8-5-14(15)6-9-16/h13-14H,2-12,15H2,1H3. The van der Waals surface area contributed by atoms with Crippen LogP contribution >= 0.6 is 0 Å². The SMILES string of the molecule is CCCC1CCN(CCN2CCC(N)CC2)C1. The predicted molar refractivity (Wildman–Crippen MR) is 73.1 cm³/mol. The second kappa shape index (κ2) is 6.72. The highest BCUT2D eigenvalue weighted by molar-refractivity contribution is 4.78. The van der Waals surface area contributed by atoms with E-state index in [9.17, 15) is 0 Å². The molecular weight excluding hydrogens is 210 g/mol. The molecule has 0 radical (unpaired) electrons. The molecule has 2 heterocycles. The largest absolute Gasteiger partial charge is 0.328 e. The van der Waals surface area contributed by atoms with Crippen molar-refractivity contribution in [1.29, 1.82) is 0 Å². The van der Waals surface area contributed by atoms with Crippen LogP contribution < -0.4 is 5.73 Å². The fourth-order valence-corrected chi connectivity index (χ4v) is 3.22. The van der Waals surface area contributed by atoms with Crippen molar-refractivity contribution in [3.05, 3.63) is 0 Å². The van der Waals surface area contributed by atoms with Crippen LogP contribution in [0.4, 0.5) is 0 Å². The van der Waals surface area contributed by atoms with E-state index in [4.69, 9.17) is 5.73 Å². The first-order valence-corrected chi connectivity index (χ1v) is 7.48. The van der Waals surface area contributed by atoms with E-state index in [1.807, 2.05) is 0 Å². The van der Waals surface area contributed by atoms with Crippen LogP contribution in [0.2, 0.25) is 0 Å². The Morgan fingerprint density at radius 1 is 1.00 bits per heavy atom. The van der Waals surface area contributed by atoms with Crippen LogP contribution in [0, 0.1) is 5.92 Å². The molecule has 0 saturated carbocycles. The molecule has 2 fully saturated rings. The van der Waals surface area contributed by atoms with Crippen molar-refractivity contribution in [2.75, 3.05) is 39.3 Å². The van der Waals surface area contributed by atoms with Crippen LogP contribution in [0.1, 0.15) is 39.0 Å². The minimum Gasteiger partial charge on any atom is -0.328 e. The maximum Gasteiger partial charge on any atom is 0.0109 e. The molecule has 0 aromatic heterocycles. The number of piperidine rings is 1. The number of likely N-dealkylation sites (tertiary alicyclic amines) is 2. The van der Waals surface area contributed by atoms with E-state index < -0.39 is 0 Å². The summed E-state index contributed by atoms with van der Waals surface area (Å²) < 4.78 is 0. The van der Waals surface area contributed by atoms with Gasteiger partial charge >= 0.3 is 0 Å². The third-order valence-corrected chi connectivity index (χ3v) is 4.43. The van der Waals surface area contributed by atoms with Crippen LogP contribution in [0.5, 0.6) is 0 Å². The first-order chi connectivity index (χ1) is 8.28. The van der Waals surface area contributed by atoms with E-state index in [0.717, 1.165) is 5.92 Å². The van der Waals surface area contributed by atoms with Crippen molar-refractivity contribution in [1.82, 2.24) is 9.80 Å². The van der Waals surface area contributed by atoms with Crippen LogP contribution in [0.25, 0.3) is 0 Å². The van der Waals surface area contributed by atoms with Crippen LogP contribution in [0.15, 0.2) is 0 Å². The van der Waals surface area contributed by atoms with Gasteiger partial charge in [-0.05, 0) is 51.2 Å². The van der Waals surface area contributed by atoms with Gasteiger partial charge in [0.05, 0.1) is 0 Å². The molecule has 0 aliphatic carbocycles. The van der Waals surface area contributed by atoms with Gasteiger partial charge in [0.15, 0.2) is 0 Å². The molecule has 2 N–H and O–H groups in total. The Morgan fingerprint density at radius 3 is 2.35 bits per heavy atom. The summed E-state index contributed by atoms with van der Waals surface area (Å²) >= 11 is 0. The molecule has 3 nitrogen and oxygen atoms in total. The zero-order valence-electron chi connectivity index (χ0n) is 11.4. The van der Waals surface area contributed by atoms with Crippen LogP contribution in [0.3, 0.4) is 0 Å². The topological polar surface area (TPSA) is 32.5 Å². The lowest BCUT2D eigenvalue weighted by atomic mass is 10.0.